The van der Waals surface area contributed by atoms with Gasteiger partial charge >= 0.3 is 11.9 Å². The van der Waals surface area contributed by atoms with E-state index in [1.807, 2.05) is 6.92 Å². The number of aliphatic carboxylic acids is 1. The molecule has 0 spiro atoms. The molecular formula is C11H20ClNO6S. The average Bonchev–Trinajstić information content (AvgIpc) is 2.33. The first kappa shape index (κ1) is 19.2. The molecule has 1 aliphatic rings. The predicted molar refractivity (Wildman–Crippen MR) is 78.6 cm³/mol. The number of hydrogen-bond donors (Lipinski definition) is 4. The van der Waals surface area contributed by atoms with E-state index in [9.17, 15) is 18.7 Å². The third-order valence-corrected chi connectivity index (χ3v) is 4.80. The maximum atomic E-state index is 11.8. The monoisotopic (exact) mass is 329 g/mol. The molecule has 1 atom stereocenters. The molecule has 1 rings (SSSR count). The van der Waals surface area contributed by atoms with Gasteiger partial charge in [0.1, 0.15) is 0 Å². The van der Waals surface area contributed by atoms with Crippen molar-refractivity contribution in [2.45, 2.75) is 18.6 Å². The minimum atomic E-state index is -3.03. The van der Waals surface area contributed by atoms with Crippen LogP contribution in [0.2, 0.25) is 0 Å². The molecule has 4 N–H and O–H groups in total. The van der Waals surface area contributed by atoms with Gasteiger partial charge < -0.3 is 15.2 Å². The molecule has 0 bridgehead atoms. The van der Waals surface area contributed by atoms with E-state index in [0.717, 1.165) is 0 Å². The summed E-state index contributed by atoms with van der Waals surface area (Å²) >= 11 is 0. The molecule has 118 valence electrons. The van der Waals surface area contributed by atoms with Gasteiger partial charge in [0.2, 0.25) is 0 Å². The van der Waals surface area contributed by atoms with Crippen LogP contribution in [0, 0.1) is 0 Å². The molecule has 0 aromatic rings. The van der Waals surface area contributed by atoms with E-state index in [0.29, 0.717) is 19.0 Å². The first-order valence-corrected chi connectivity index (χ1v) is 7.73. The van der Waals surface area contributed by atoms with Gasteiger partial charge in [-0.05, 0) is 6.42 Å². The van der Waals surface area contributed by atoms with Gasteiger partial charge in [0.05, 0.1) is 23.2 Å². The highest BCUT2D eigenvalue weighted by molar-refractivity contribution is 8.25. The molecule has 20 heavy (non-hydrogen) atoms. The van der Waals surface area contributed by atoms with Crippen molar-refractivity contribution in [3.8, 4) is 0 Å². The summed E-state index contributed by atoms with van der Waals surface area (Å²) in [6.07, 6.45) is 1.30. The zero-order valence-electron chi connectivity index (χ0n) is 11.1. The summed E-state index contributed by atoms with van der Waals surface area (Å²) in [7, 11) is -3.03. The number of nitrogens with one attached hydrogen (secondary N) is 1. The van der Waals surface area contributed by atoms with Crippen molar-refractivity contribution < 1.29 is 28.5 Å². The van der Waals surface area contributed by atoms with E-state index < -0.39 is 27.8 Å². The summed E-state index contributed by atoms with van der Waals surface area (Å²) in [4.78, 5) is 22.6. The second-order valence-electron chi connectivity index (χ2n) is 4.19. The Bertz CT molecular complexity index is 387. The van der Waals surface area contributed by atoms with Gasteiger partial charge in [-0.15, -0.1) is 12.4 Å². The minimum absolute atomic E-state index is 0. The molecule has 0 aliphatic carbocycles. The van der Waals surface area contributed by atoms with E-state index in [1.54, 1.807) is 0 Å². The molecule has 1 saturated heterocycles. The van der Waals surface area contributed by atoms with Crippen molar-refractivity contribution in [2.24, 2.45) is 0 Å². The summed E-state index contributed by atoms with van der Waals surface area (Å²) < 4.78 is 24.8. The number of hydrogen-bond acceptors (Lipinski definition) is 6. The number of esters is 1. The molecule has 0 aromatic heterocycles. The zero-order chi connectivity index (χ0) is 14.5. The van der Waals surface area contributed by atoms with Crippen molar-refractivity contribution in [2.75, 3.05) is 25.4 Å². The third kappa shape index (κ3) is 5.29. The lowest BCUT2D eigenvalue weighted by molar-refractivity contribution is -0.140. The van der Waals surface area contributed by atoms with Crippen LogP contribution in [0.3, 0.4) is 0 Å². The lowest BCUT2D eigenvalue weighted by Gasteiger charge is -2.44. The van der Waals surface area contributed by atoms with Gasteiger partial charge in [0.15, 0.2) is 0 Å². The maximum Gasteiger partial charge on any atom is 0.336 e. The van der Waals surface area contributed by atoms with Gasteiger partial charge in [-0.3, -0.25) is 9.11 Å². The van der Waals surface area contributed by atoms with Gasteiger partial charge in [-0.1, -0.05) is 6.92 Å². The summed E-state index contributed by atoms with van der Waals surface area (Å²) in [5.41, 5.74) is -0.201. The molecule has 0 amide bonds. The normalized spacial score (nSPS) is 23.4. The van der Waals surface area contributed by atoms with Gasteiger partial charge in [0.25, 0.3) is 0 Å². The molecule has 0 aromatic carbocycles. The predicted octanol–water partition coefficient (Wildman–Crippen LogP) is 1.09. The minimum Gasteiger partial charge on any atom is -0.478 e. The molecule has 1 fully saturated rings. The van der Waals surface area contributed by atoms with E-state index in [2.05, 4.69) is 5.32 Å². The number of carbonyl (C=O) groups excluding carboxylic acids is 1. The number of carboxylic acid groups (broad SMARTS) is 1. The number of ether oxygens (including phenoxy) is 1. The number of carboxylic acids is 1. The fourth-order valence-electron chi connectivity index (χ4n) is 1.74. The first-order chi connectivity index (χ1) is 8.88. The molecule has 9 heteroatoms. The van der Waals surface area contributed by atoms with E-state index in [4.69, 9.17) is 9.84 Å². The Hall–Kier alpha value is -0.800. The van der Waals surface area contributed by atoms with E-state index in [-0.39, 0.29) is 36.9 Å². The van der Waals surface area contributed by atoms with Crippen LogP contribution >= 0.6 is 23.0 Å². The highest BCUT2D eigenvalue weighted by Gasteiger charge is 2.36. The second-order valence-corrected chi connectivity index (χ2v) is 6.60. The molecule has 1 heterocycles. The SMILES string of the molecule is CCCOC(=O)/C(=C/C(=O)O)C1CNCCS1(O)O.Cl. The molecule has 1 aliphatic heterocycles. The summed E-state index contributed by atoms with van der Waals surface area (Å²) in [5, 5.41) is 10.8. The largest absolute Gasteiger partial charge is 0.478 e. The quantitative estimate of drug-likeness (QED) is 0.441. The van der Waals surface area contributed by atoms with Crippen molar-refractivity contribution in [1.82, 2.24) is 5.32 Å². The van der Waals surface area contributed by atoms with Crippen molar-refractivity contribution in [3.05, 3.63) is 11.6 Å². The highest BCUT2D eigenvalue weighted by Crippen LogP contribution is 2.48. The van der Waals surface area contributed by atoms with Crippen LogP contribution in [-0.2, 0) is 14.3 Å². The molecule has 1 unspecified atom stereocenters. The lowest BCUT2D eigenvalue weighted by Crippen LogP contribution is -2.44. The summed E-state index contributed by atoms with van der Waals surface area (Å²) in [5.74, 6) is -2.03. The Morgan fingerprint density at radius 3 is 2.60 bits per heavy atom. The average molecular weight is 330 g/mol. The van der Waals surface area contributed by atoms with Crippen LogP contribution in [0.5, 0.6) is 0 Å². The van der Waals surface area contributed by atoms with Crippen LogP contribution in [0.4, 0.5) is 0 Å². The van der Waals surface area contributed by atoms with Crippen LogP contribution in [0.15, 0.2) is 11.6 Å². The van der Waals surface area contributed by atoms with Gasteiger partial charge in [0, 0.05) is 19.2 Å². The van der Waals surface area contributed by atoms with Crippen LogP contribution in [0.1, 0.15) is 13.3 Å². The van der Waals surface area contributed by atoms with Gasteiger partial charge in [-0.2, -0.15) is 10.6 Å². The van der Waals surface area contributed by atoms with Crippen molar-refractivity contribution in [1.29, 1.82) is 0 Å². The topological polar surface area (TPSA) is 116 Å². The fraction of sp³-hybridized carbons (Fsp3) is 0.636. The Labute approximate surface area is 125 Å². The Kier molecular flexibility index (Phi) is 8.14. The van der Waals surface area contributed by atoms with Crippen molar-refractivity contribution >= 4 is 34.9 Å². The molecule has 0 saturated carbocycles. The number of halogens is 1. The number of carbonyl (C=O) groups is 2. The molecule has 0 radical (unpaired) electrons. The van der Waals surface area contributed by atoms with Crippen LogP contribution in [-0.4, -0.2) is 56.8 Å². The molecular weight excluding hydrogens is 310 g/mol. The van der Waals surface area contributed by atoms with Gasteiger partial charge in [-0.25, -0.2) is 9.59 Å². The Balaban J connectivity index is 0.00000361. The molecule has 7 nitrogen and oxygen atoms in total. The standard InChI is InChI=1S/C11H19NO6S.ClH/c1-2-4-18-11(15)8(6-10(13)14)9-7-12-3-5-19(9,16)17;/h6,9,12,16-17H,2-5,7H2,1H3,(H,13,14);1H/b8-6+;. The van der Waals surface area contributed by atoms with E-state index in [1.165, 1.54) is 0 Å². The zero-order valence-corrected chi connectivity index (χ0v) is 12.7. The third-order valence-electron chi connectivity index (χ3n) is 2.66. The van der Waals surface area contributed by atoms with E-state index >= 15 is 0 Å². The highest BCUT2D eigenvalue weighted by atomic mass is 35.5. The fourth-order valence-corrected chi connectivity index (χ4v) is 3.42. The second kappa shape index (κ2) is 8.48. The van der Waals surface area contributed by atoms with Crippen molar-refractivity contribution in [3.63, 3.8) is 0 Å². The summed E-state index contributed by atoms with van der Waals surface area (Å²) in [6, 6.07) is 0. The number of rotatable bonds is 5. The smallest absolute Gasteiger partial charge is 0.336 e. The van der Waals surface area contributed by atoms with Crippen LogP contribution < -0.4 is 5.32 Å². The van der Waals surface area contributed by atoms with Crippen LogP contribution in [0.25, 0.3) is 0 Å². The summed E-state index contributed by atoms with van der Waals surface area (Å²) in [6.45, 7) is 2.53. The Morgan fingerprint density at radius 2 is 2.10 bits per heavy atom. The first-order valence-electron chi connectivity index (χ1n) is 5.95. The Morgan fingerprint density at radius 1 is 1.45 bits per heavy atom. The maximum absolute atomic E-state index is 11.8. The lowest BCUT2D eigenvalue weighted by atomic mass is 10.1.